The topological polar surface area (TPSA) is 42.0 Å². The molecule has 5 heteroatoms. The van der Waals surface area contributed by atoms with Crippen molar-refractivity contribution in [1.82, 2.24) is 4.98 Å². The second-order valence-electron chi connectivity index (χ2n) is 5.85. The number of nitrogens with zero attached hydrogens (tertiary/aromatic N) is 1. The van der Waals surface area contributed by atoms with E-state index in [1.165, 1.54) is 16.9 Å². The lowest BCUT2D eigenvalue weighted by molar-refractivity contribution is -0.113. The van der Waals surface area contributed by atoms with E-state index < -0.39 is 0 Å². The van der Waals surface area contributed by atoms with Gasteiger partial charge in [-0.05, 0) is 6.92 Å². The minimum absolute atomic E-state index is 0.000249. The Labute approximate surface area is 134 Å². The lowest BCUT2D eigenvalue weighted by atomic mass is 10.1. The fourth-order valence-corrected chi connectivity index (χ4v) is 3.00. The first-order valence-electron chi connectivity index (χ1n) is 6.80. The van der Waals surface area contributed by atoms with Gasteiger partial charge in [0.05, 0.1) is 11.4 Å². The molecule has 1 amide bonds. The standard InChI is InChI=1S/C16H20N2OS2/c1-11-5-7-12(8-6-11)13-9-20-15(17-13)18-14(19)10-21-16(2,3)4/h5-9H,10H2,1-4H3,(H,17,18,19). The Hall–Kier alpha value is -1.33. The second-order valence-corrected chi connectivity index (χ2v) is 8.51. The van der Waals surface area contributed by atoms with E-state index in [4.69, 9.17) is 0 Å². The van der Waals surface area contributed by atoms with Crippen LogP contribution in [0, 0.1) is 6.92 Å². The number of thioether (sulfide) groups is 1. The largest absolute Gasteiger partial charge is 0.301 e. The molecule has 0 saturated carbocycles. The Morgan fingerprint density at radius 3 is 2.57 bits per heavy atom. The van der Waals surface area contributed by atoms with Crippen molar-refractivity contribution in [2.45, 2.75) is 32.4 Å². The van der Waals surface area contributed by atoms with Gasteiger partial charge in [0, 0.05) is 15.7 Å². The van der Waals surface area contributed by atoms with Crippen molar-refractivity contribution in [1.29, 1.82) is 0 Å². The molecule has 0 aliphatic carbocycles. The average molecular weight is 320 g/mol. The molecular weight excluding hydrogens is 300 g/mol. The van der Waals surface area contributed by atoms with Gasteiger partial charge in [-0.25, -0.2) is 4.98 Å². The molecule has 0 fully saturated rings. The Morgan fingerprint density at radius 2 is 1.95 bits per heavy atom. The third-order valence-corrected chi connectivity index (χ3v) is 4.76. The molecule has 2 rings (SSSR count). The second kappa shape index (κ2) is 6.62. The molecule has 1 N–H and O–H groups in total. The molecule has 0 atom stereocenters. The summed E-state index contributed by atoms with van der Waals surface area (Å²) in [6.45, 7) is 8.36. The summed E-state index contributed by atoms with van der Waals surface area (Å²) in [5, 5.41) is 5.49. The van der Waals surface area contributed by atoms with Crippen LogP contribution in [0.15, 0.2) is 29.6 Å². The fraction of sp³-hybridized carbons (Fsp3) is 0.375. The molecule has 21 heavy (non-hydrogen) atoms. The molecule has 0 spiro atoms. The van der Waals surface area contributed by atoms with Crippen LogP contribution in [0.4, 0.5) is 5.13 Å². The third-order valence-electron chi connectivity index (χ3n) is 2.73. The maximum atomic E-state index is 11.9. The molecule has 0 saturated heterocycles. The molecule has 1 aromatic heterocycles. The van der Waals surface area contributed by atoms with E-state index in [-0.39, 0.29) is 10.7 Å². The Morgan fingerprint density at radius 1 is 1.29 bits per heavy atom. The molecule has 0 unspecified atom stereocenters. The Balaban J connectivity index is 1.97. The van der Waals surface area contributed by atoms with E-state index in [1.807, 2.05) is 17.5 Å². The van der Waals surface area contributed by atoms with Crippen molar-refractivity contribution < 1.29 is 4.79 Å². The lowest BCUT2D eigenvalue weighted by Gasteiger charge is -2.16. The van der Waals surface area contributed by atoms with Gasteiger partial charge in [0.15, 0.2) is 5.13 Å². The summed E-state index contributed by atoms with van der Waals surface area (Å²) in [7, 11) is 0. The van der Waals surface area contributed by atoms with Gasteiger partial charge in [-0.1, -0.05) is 50.6 Å². The van der Waals surface area contributed by atoms with Crippen molar-refractivity contribution in [2.24, 2.45) is 0 Å². The molecule has 1 heterocycles. The molecule has 1 aromatic carbocycles. The molecule has 0 aliphatic heterocycles. The van der Waals surface area contributed by atoms with Crippen LogP contribution in [0.25, 0.3) is 11.3 Å². The highest BCUT2D eigenvalue weighted by Gasteiger charge is 2.14. The van der Waals surface area contributed by atoms with Crippen LogP contribution in [-0.2, 0) is 4.79 Å². The summed E-state index contributed by atoms with van der Waals surface area (Å²) in [5.74, 6) is 0.447. The first-order valence-corrected chi connectivity index (χ1v) is 8.66. The first kappa shape index (κ1) is 16.0. The molecule has 112 valence electrons. The van der Waals surface area contributed by atoms with Gasteiger partial charge in [-0.15, -0.1) is 23.1 Å². The maximum Gasteiger partial charge on any atom is 0.236 e. The molecule has 2 aromatic rings. The van der Waals surface area contributed by atoms with Gasteiger partial charge >= 0.3 is 0 Å². The SMILES string of the molecule is Cc1ccc(-c2csc(NC(=O)CSC(C)(C)C)n2)cc1. The highest BCUT2D eigenvalue weighted by Crippen LogP contribution is 2.26. The van der Waals surface area contributed by atoms with Crippen LogP contribution in [0.3, 0.4) is 0 Å². The zero-order chi connectivity index (χ0) is 15.5. The van der Waals surface area contributed by atoms with E-state index in [1.54, 1.807) is 11.8 Å². The number of hydrogen-bond donors (Lipinski definition) is 1. The van der Waals surface area contributed by atoms with Gasteiger partial charge in [0.25, 0.3) is 0 Å². The number of rotatable bonds is 4. The first-order chi connectivity index (χ1) is 9.83. The molecule has 0 bridgehead atoms. The molecule has 0 aliphatic rings. The number of carbonyl (C=O) groups is 1. The molecule has 3 nitrogen and oxygen atoms in total. The summed E-state index contributed by atoms with van der Waals surface area (Å²) < 4.78 is 0.0906. The van der Waals surface area contributed by atoms with Crippen LogP contribution >= 0.6 is 23.1 Å². The maximum absolute atomic E-state index is 11.9. The number of thiazole rings is 1. The zero-order valence-corrected chi connectivity index (χ0v) is 14.4. The summed E-state index contributed by atoms with van der Waals surface area (Å²) in [6, 6.07) is 8.22. The summed E-state index contributed by atoms with van der Waals surface area (Å²) in [5.41, 5.74) is 3.20. The van der Waals surface area contributed by atoms with Crippen LogP contribution in [0.2, 0.25) is 0 Å². The molecular formula is C16H20N2OS2. The number of nitrogens with one attached hydrogen (secondary N) is 1. The van der Waals surface area contributed by atoms with Crippen LogP contribution in [0.5, 0.6) is 0 Å². The van der Waals surface area contributed by atoms with Crippen molar-refractivity contribution in [2.75, 3.05) is 11.1 Å². The number of aryl methyl sites for hydroxylation is 1. The highest BCUT2D eigenvalue weighted by atomic mass is 32.2. The van der Waals surface area contributed by atoms with Gasteiger partial charge in [-0.2, -0.15) is 0 Å². The van der Waals surface area contributed by atoms with Crippen molar-refractivity contribution >= 4 is 34.1 Å². The van der Waals surface area contributed by atoms with Crippen LogP contribution in [-0.4, -0.2) is 21.4 Å². The minimum atomic E-state index is -0.000249. The highest BCUT2D eigenvalue weighted by molar-refractivity contribution is 8.01. The number of carbonyl (C=O) groups excluding carboxylic acids is 1. The van der Waals surface area contributed by atoms with E-state index in [2.05, 4.69) is 50.1 Å². The summed E-state index contributed by atoms with van der Waals surface area (Å²) in [6.07, 6.45) is 0. The van der Waals surface area contributed by atoms with Crippen LogP contribution in [0.1, 0.15) is 26.3 Å². The third kappa shape index (κ3) is 5.17. The smallest absolute Gasteiger partial charge is 0.236 e. The van der Waals surface area contributed by atoms with Gasteiger partial charge in [-0.3, -0.25) is 4.79 Å². The van der Waals surface area contributed by atoms with Crippen molar-refractivity contribution in [3.8, 4) is 11.3 Å². The normalized spacial score (nSPS) is 11.4. The number of hydrogen-bond acceptors (Lipinski definition) is 4. The van der Waals surface area contributed by atoms with E-state index in [0.717, 1.165) is 11.3 Å². The van der Waals surface area contributed by atoms with Gasteiger partial charge in [0.1, 0.15) is 0 Å². The fourth-order valence-electron chi connectivity index (χ4n) is 1.63. The number of benzene rings is 1. The van der Waals surface area contributed by atoms with Crippen molar-refractivity contribution in [3.05, 3.63) is 35.2 Å². The average Bonchev–Trinajstić information content (AvgIpc) is 2.85. The number of anilines is 1. The van der Waals surface area contributed by atoms with Crippen molar-refractivity contribution in [3.63, 3.8) is 0 Å². The predicted molar refractivity (Wildman–Crippen MR) is 93.1 cm³/mol. The van der Waals surface area contributed by atoms with E-state index in [9.17, 15) is 4.79 Å². The lowest BCUT2D eigenvalue weighted by Crippen LogP contribution is -2.18. The van der Waals surface area contributed by atoms with E-state index in [0.29, 0.717) is 10.9 Å². The monoisotopic (exact) mass is 320 g/mol. The van der Waals surface area contributed by atoms with E-state index >= 15 is 0 Å². The Kier molecular flexibility index (Phi) is 5.06. The minimum Gasteiger partial charge on any atom is -0.301 e. The zero-order valence-electron chi connectivity index (χ0n) is 12.8. The number of amides is 1. The summed E-state index contributed by atoms with van der Waals surface area (Å²) >= 11 is 3.09. The summed E-state index contributed by atoms with van der Waals surface area (Å²) in [4.78, 5) is 16.4. The van der Waals surface area contributed by atoms with Gasteiger partial charge in [0.2, 0.25) is 5.91 Å². The predicted octanol–water partition coefficient (Wildman–Crippen LogP) is 4.59. The Bertz CT molecular complexity index is 612. The van der Waals surface area contributed by atoms with Gasteiger partial charge < -0.3 is 5.32 Å². The molecule has 0 radical (unpaired) electrons. The quantitative estimate of drug-likeness (QED) is 0.896. The van der Waals surface area contributed by atoms with Crippen LogP contribution < -0.4 is 5.32 Å². The number of aromatic nitrogens is 1.